The Morgan fingerprint density at radius 3 is 2.00 bits per heavy atom. The summed E-state index contributed by atoms with van der Waals surface area (Å²) in [6.45, 7) is 1.67. The average molecular weight is 375 g/mol. The molecule has 0 aliphatic rings. The van der Waals surface area contributed by atoms with E-state index in [-0.39, 0.29) is 11.5 Å². The van der Waals surface area contributed by atoms with Gasteiger partial charge in [-0.2, -0.15) is 5.26 Å². The van der Waals surface area contributed by atoms with Gasteiger partial charge in [0.05, 0.1) is 16.6 Å². The number of non-ortho nitro benzene ring substituents is 1. The van der Waals surface area contributed by atoms with Crippen molar-refractivity contribution >= 4 is 5.69 Å². The van der Waals surface area contributed by atoms with Crippen LogP contribution >= 0.6 is 0 Å². The van der Waals surface area contributed by atoms with Crippen molar-refractivity contribution in [2.75, 3.05) is 0 Å². The zero-order valence-electron chi connectivity index (χ0n) is 15.1. The molecule has 0 aliphatic heterocycles. The molecule has 0 heterocycles. The predicted molar refractivity (Wildman–Crippen MR) is 104 cm³/mol. The van der Waals surface area contributed by atoms with Crippen LogP contribution in [-0.2, 0) is 19.6 Å². The number of nitro groups is 1. The molecule has 5 nitrogen and oxygen atoms in total. The fourth-order valence-corrected chi connectivity index (χ4v) is 2.99. The molecule has 6 heteroatoms. The van der Waals surface area contributed by atoms with Crippen molar-refractivity contribution < 1.29 is 9.31 Å². The first-order valence-electron chi connectivity index (χ1n) is 8.72. The summed E-state index contributed by atoms with van der Waals surface area (Å²) in [7, 11) is 0. The maximum atomic E-state index is 13.6. The van der Waals surface area contributed by atoms with Crippen molar-refractivity contribution in [3.8, 4) is 6.07 Å². The molecule has 140 valence electrons. The van der Waals surface area contributed by atoms with Gasteiger partial charge in [0.2, 0.25) is 0 Å². The number of benzene rings is 3. The highest BCUT2D eigenvalue weighted by molar-refractivity contribution is 5.33. The van der Waals surface area contributed by atoms with Crippen LogP contribution in [0.15, 0.2) is 72.8 Å². The molecule has 3 rings (SSSR count). The van der Waals surface area contributed by atoms with Crippen molar-refractivity contribution in [1.29, 1.82) is 5.26 Å². The lowest BCUT2D eigenvalue weighted by atomic mass is 10.1. The van der Waals surface area contributed by atoms with E-state index in [0.29, 0.717) is 25.2 Å². The van der Waals surface area contributed by atoms with Crippen molar-refractivity contribution in [1.82, 2.24) is 4.90 Å². The molecule has 0 spiro atoms. The van der Waals surface area contributed by atoms with E-state index in [2.05, 4.69) is 11.0 Å². The van der Waals surface area contributed by atoms with E-state index in [9.17, 15) is 14.5 Å². The van der Waals surface area contributed by atoms with E-state index in [0.717, 1.165) is 16.7 Å². The van der Waals surface area contributed by atoms with Crippen LogP contribution in [0.1, 0.15) is 22.3 Å². The minimum absolute atomic E-state index is 0.0486. The number of nitriles is 1. The van der Waals surface area contributed by atoms with Gasteiger partial charge in [0.1, 0.15) is 5.82 Å². The van der Waals surface area contributed by atoms with E-state index in [1.807, 2.05) is 18.2 Å². The van der Waals surface area contributed by atoms with E-state index < -0.39 is 4.92 Å². The van der Waals surface area contributed by atoms with Crippen LogP contribution in [0.3, 0.4) is 0 Å². The van der Waals surface area contributed by atoms with Gasteiger partial charge in [0.25, 0.3) is 5.69 Å². The summed E-state index contributed by atoms with van der Waals surface area (Å²) in [5.74, 6) is -0.286. The first-order chi connectivity index (χ1) is 13.5. The molecule has 0 fully saturated rings. The molecule has 0 unspecified atom stereocenters. The van der Waals surface area contributed by atoms with Gasteiger partial charge in [0, 0.05) is 31.8 Å². The lowest BCUT2D eigenvalue weighted by Gasteiger charge is -2.23. The third-order valence-electron chi connectivity index (χ3n) is 4.34. The van der Waals surface area contributed by atoms with Crippen LogP contribution in [0, 0.1) is 27.3 Å². The van der Waals surface area contributed by atoms with Gasteiger partial charge in [-0.3, -0.25) is 15.0 Å². The monoisotopic (exact) mass is 375 g/mol. The van der Waals surface area contributed by atoms with Gasteiger partial charge in [-0.05, 0) is 41.0 Å². The molecule has 0 aromatic heterocycles. The minimum Gasteiger partial charge on any atom is -0.291 e. The quantitative estimate of drug-likeness (QED) is 0.439. The van der Waals surface area contributed by atoms with Crippen LogP contribution in [-0.4, -0.2) is 9.82 Å². The Kier molecular flexibility index (Phi) is 6.10. The van der Waals surface area contributed by atoms with Crippen LogP contribution in [0.2, 0.25) is 0 Å². The smallest absolute Gasteiger partial charge is 0.269 e. The second kappa shape index (κ2) is 8.89. The number of rotatable bonds is 7. The second-order valence-electron chi connectivity index (χ2n) is 6.51. The first kappa shape index (κ1) is 19.2. The molecule has 0 saturated carbocycles. The van der Waals surface area contributed by atoms with Gasteiger partial charge in [0.15, 0.2) is 0 Å². The zero-order valence-corrected chi connectivity index (χ0v) is 15.1. The maximum absolute atomic E-state index is 13.6. The summed E-state index contributed by atoms with van der Waals surface area (Å²) in [6, 6.07) is 22.3. The second-order valence-corrected chi connectivity index (χ2v) is 6.51. The number of nitro benzene ring substituents is 1. The molecule has 0 N–H and O–H groups in total. The molecule has 0 amide bonds. The molecular weight excluding hydrogens is 357 g/mol. The summed E-state index contributed by atoms with van der Waals surface area (Å²) in [5.41, 5.74) is 3.44. The summed E-state index contributed by atoms with van der Waals surface area (Å²) in [4.78, 5) is 12.5. The fraction of sp³-hybridized carbons (Fsp3) is 0.136. The predicted octanol–water partition coefficient (Wildman–Crippen LogP) is 4.81. The Morgan fingerprint density at radius 1 is 0.893 bits per heavy atom. The molecule has 3 aromatic carbocycles. The largest absolute Gasteiger partial charge is 0.291 e. The highest BCUT2D eigenvalue weighted by Crippen LogP contribution is 2.18. The highest BCUT2D eigenvalue weighted by atomic mass is 19.1. The van der Waals surface area contributed by atoms with Crippen molar-refractivity contribution in [2.45, 2.75) is 19.6 Å². The lowest BCUT2D eigenvalue weighted by molar-refractivity contribution is -0.384. The summed E-state index contributed by atoms with van der Waals surface area (Å²) in [6.07, 6.45) is 0. The van der Waals surface area contributed by atoms with Crippen LogP contribution in [0.4, 0.5) is 10.1 Å². The highest BCUT2D eigenvalue weighted by Gasteiger charge is 2.11. The van der Waals surface area contributed by atoms with Gasteiger partial charge in [-0.15, -0.1) is 0 Å². The topological polar surface area (TPSA) is 70.2 Å². The lowest BCUT2D eigenvalue weighted by Crippen LogP contribution is -2.22. The SMILES string of the molecule is N#Cc1ccc(CN(Cc2ccc([N+](=O)[O-])cc2)Cc2cccc(F)c2)cc1. The van der Waals surface area contributed by atoms with Crippen molar-refractivity contribution in [3.05, 3.63) is 111 Å². The Labute approximate surface area is 162 Å². The average Bonchev–Trinajstić information content (AvgIpc) is 2.69. The molecule has 0 atom stereocenters. The van der Waals surface area contributed by atoms with Gasteiger partial charge in [-0.1, -0.05) is 36.4 Å². The van der Waals surface area contributed by atoms with E-state index >= 15 is 0 Å². The third kappa shape index (κ3) is 5.22. The van der Waals surface area contributed by atoms with Gasteiger partial charge < -0.3 is 0 Å². The molecule has 0 aliphatic carbocycles. The third-order valence-corrected chi connectivity index (χ3v) is 4.34. The molecule has 0 radical (unpaired) electrons. The first-order valence-corrected chi connectivity index (χ1v) is 8.72. The summed E-state index contributed by atoms with van der Waals surface area (Å²) < 4.78 is 13.6. The van der Waals surface area contributed by atoms with E-state index in [4.69, 9.17) is 5.26 Å². The van der Waals surface area contributed by atoms with Crippen molar-refractivity contribution in [3.63, 3.8) is 0 Å². The van der Waals surface area contributed by atoms with Crippen LogP contribution in [0.25, 0.3) is 0 Å². The molecule has 0 bridgehead atoms. The Balaban J connectivity index is 1.80. The Hall–Kier alpha value is -3.56. The summed E-state index contributed by atoms with van der Waals surface area (Å²) >= 11 is 0. The number of hydrogen-bond acceptors (Lipinski definition) is 4. The van der Waals surface area contributed by atoms with E-state index in [1.165, 1.54) is 24.3 Å². The number of hydrogen-bond donors (Lipinski definition) is 0. The zero-order chi connectivity index (χ0) is 19.9. The number of halogens is 1. The molecular formula is C22H18FN3O2. The van der Waals surface area contributed by atoms with Crippen LogP contribution in [0.5, 0.6) is 0 Å². The maximum Gasteiger partial charge on any atom is 0.269 e. The van der Waals surface area contributed by atoms with E-state index in [1.54, 1.807) is 30.3 Å². The fourth-order valence-electron chi connectivity index (χ4n) is 2.99. The minimum atomic E-state index is -0.426. The normalized spacial score (nSPS) is 10.6. The molecule has 3 aromatic rings. The molecule has 0 saturated heterocycles. The summed E-state index contributed by atoms with van der Waals surface area (Å²) in [5, 5.41) is 19.8. The Bertz CT molecular complexity index is 996. The van der Waals surface area contributed by atoms with Gasteiger partial charge >= 0.3 is 0 Å². The standard InChI is InChI=1S/C22H18FN3O2/c23-21-3-1-2-20(12-21)16-25(14-18-6-4-17(13-24)5-7-18)15-19-8-10-22(11-9-19)26(27)28/h1-12H,14-16H2. The van der Waals surface area contributed by atoms with Gasteiger partial charge in [-0.25, -0.2) is 4.39 Å². The Morgan fingerprint density at radius 2 is 1.46 bits per heavy atom. The van der Waals surface area contributed by atoms with Crippen LogP contribution < -0.4 is 0 Å². The number of nitrogens with zero attached hydrogens (tertiary/aromatic N) is 3. The molecule has 28 heavy (non-hydrogen) atoms. The van der Waals surface area contributed by atoms with Crippen molar-refractivity contribution in [2.24, 2.45) is 0 Å².